The third kappa shape index (κ3) is 5.46. The quantitative estimate of drug-likeness (QED) is 0.437. The van der Waals surface area contributed by atoms with Gasteiger partial charge in [0.2, 0.25) is 0 Å². The molecule has 4 rings (SSSR count). The molecule has 3 aromatic rings. The van der Waals surface area contributed by atoms with Gasteiger partial charge in [0.1, 0.15) is 17.3 Å². The molecule has 0 bridgehead atoms. The van der Waals surface area contributed by atoms with Crippen LogP contribution in [0.3, 0.4) is 0 Å². The van der Waals surface area contributed by atoms with Crippen LogP contribution in [0.15, 0.2) is 59.3 Å². The molecule has 1 fully saturated rings. The first-order valence-electron chi connectivity index (χ1n) is 10.1. The summed E-state index contributed by atoms with van der Waals surface area (Å²) in [6.07, 6.45) is 6.67. The van der Waals surface area contributed by atoms with Crippen LogP contribution in [-0.4, -0.2) is 33.8 Å². The molecule has 0 unspecified atom stereocenters. The van der Waals surface area contributed by atoms with E-state index in [1.54, 1.807) is 30.5 Å². The number of amides is 1. The number of nitrogens with one attached hydrogen (secondary N) is 1. The highest BCUT2D eigenvalue weighted by Crippen LogP contribution is 2.30. The number of hydrogen-bond acceptors (Lipinski definition) is 7. The molecule has 0 radical (unpaired) electrons. The molecule has 9 nitrogen and oxygen atoms in total. The highest BCUT2D eigenvalue weighted by Gasteiger charge is 2.18. The fourth-order valence-corrected chi connectivity index (χ4v) is 3.48. The molecule has 1 aliphatic heterocycles. The lowest BCUT2D eigenvalue weighted by atomic mass is 10.1. The van der Waals surface area contributed by atoms with Crippen LogP contribution in [0.1, 0.15) is 35.6 Å². The number of anilines is 1. The van der Waals surface area contributed by atoms with E-state index in [2.05, 4.69) is 15.2 Å². The van der Waals surface area contributed by atoms with Gasteiger partial charge in [-0.3, -0.25) is 24.8 Å². The van der Waals surface area contributed by atoms with E-state index in [0.717, 1.165) is 13.1 Å². The van der Waals surface area contributed by atoms with Gasteiger partial charge >= 0.3 is 0 Å². The third-order valence-corrected chi connectivity index (χ3v) is 4.94. The number of nitro benzene ring substituents is 1. The number of furan rings is 1. The van der Waals surface area contributed by atoms with Gasteiger partial charge < -0.3 is 14.5 Å². The predicted octanol–water partition coefficient (Wildman–Crippen LogP) is 4.61. The Morgan fingerprint density at radius 1 is 1.16 bits per heavy atom. The number of rotatable bonds is 7. The average molecular weight is 422 g/mol. The minimum absolute atomic E-state index is 0.147. The summed E-state index contributed by atoms with van der Waals surface area (Å²) in [6.45, 7) is 2.71. The number of non-ortho nitro benzene ring substituents is 1. The maximum atomic E-state index is 12.6. The molecular weight excluding hydrogens is 400 g/mol. The minimum atomic E-state index is -0.546. The topological polar surface area (TPSA) is 111 Å². The van der Waals surface area contributed by atoms with Crippen molar-refractivity contribution in [3.05, 3.63) is 76.5 Å². The summed E-state index contributed by atoms with van der Waals surface area (Å²) in [6, 6.07) is 10.8. The molecule has 1 saturated heterocycles. The number of aromatic nitrogens is 1. The van der Waals surface area contributed by atoms with Gasteiger partial charge in [-0.05, 0) is 50.2 Å². The van der Waals surface area contributed by atoms with Crippen LogP contribution in [0.4, 0.5) is 11.4 Å². The van der Waals surface area contributed by atoms with Crippen molar-refractivity contribution in [1.82, 2.24) is 9.88 Å². The molecule has 0 saturated carbocycles. The second-order valence-corrected chi connectivity index (χ2v) is 7.32. The summed E-state index contributed by atoms with van der Waals surface area (Å²) in [5.74, 6) is 1.01. The van der Waals surface area contributed by atoms with Crippen LogP contribution >= 0.6 is 0 Å². The lowest BCUT2D eigenvalue weighted by Crippen LogP contribution is -2.28. The Morgan fingerprint density at radius 2 is 2.00 bits per heavy atom. The molecule has 2 aromatic heterocycles. The fourth-order valence-electron chi connectivity index (χ4n) is 3.48. The maximum absolute atomic E-state index is 12.6. The number of carbonyl (C=O) groups excluding carboxylic acids is 1. The van der Waals surface area contributed by atoms with E-state index < -0.39 is 10.8 Å². The smallest absolute Gasteiger partial charge is 0.291 e. The predicted molar refractivity (Wildman–Crippen MR) is 113 cm³/mol. The van der Waals surface area contributed by atoms with Gasteiger partial charge in [0, 0.05) is 18.3 Å². The van der Waals surface area contributed by atoms with E-state index in [-0.39, 0.29) is 22.9 Å². The van der Waals surface area contributed by atoms with Gasteiger partial charge in [-0.15, -0.1) is 0 Å². The minimum Gasteiger partial charge on any atom is -0.455 e. The lowest BCUT2D eigenvalue weighted by molar-refractivity contribution is -0.384. The number of carbonyl (C=O) groups is 1. The van der Waals surface area contributed by atoms with E-state index in [0.29, 0.717) is 18.1 Å². The van der Waals surface area contributed by atoms with E-state index in [1.807, 2.05) is 0 Å². The molecule has 0 spiro atoms. The first-order chi connectivity index (χ1) is 15.1. The summed E-state index contributed by atoms with van der Waals surface area (Å²) in [5, 5.41) is 14.0. The first-order valence-corrected chi connectivity index (χ1v) is 10.1. The highest BCUT2D eigenvalue weighted by molar-refractivity contribution is 6.02. The van der Waals surface area contributed by atoms with Crippen molar-refractivity contribution in [3.8, 4) is 11.5 Å². The lowest BCUT2D eigenvalue weighted by Gasteiger charge is -2.25. The standard InChI is InChI=1S/C22H22N4O5/c27-22(21-7-6-19(31-21)15-25-9-2-1-3-10-25)24-16-11-17(26(28)29)13-20(12-16)30-18-5-4-8-23-14-18/h4-8,11-14H,1-3,9-10,15H2,(H,24,27). The van der Waals surface area contributed by atoms with Crippen molar-refractivity contribution in [1.29, 1.82) is 0 Å². The largest absolute Gasteiger partial charge is 0.455 e. The Labute approximate surface area is 178 Å². The molecule has 9 heteroatoms. The maximum Gasteiger partial charge on any atom is 0.291 e. The van der Waals surface area contributed by atoms with Crippen molar-refractivity contribution in [3.63, 3.8) is 0 Å². The third-order valence-electron chi connectivity index (χ3n) is 4.94. The number of ether oxygens (including phenoxy) is 1. The van der Waals surface area contributed by atoms with E-state index in [4.69, 9.17) is 9.15 Å². The molecule has 1 N–H and O–H groups in total. The molecule has 0 atom stereocenters. The van der Waals surface area contributed by atoms with Gasteiger partial charge in [-0.1, -0.05) is 6.42 Å². The summed E-state index contributed by atoms with van der Waals surface area (Å²) >= 11 is 0. The van der Waals surface area contributed by atoms with E-state index in [1.165, 1.54) is 43.7 Å². The van der Waals surface area contributed by atoms with E-state index in [9.17, 15) is 14.9 Å². The zero-order chi connectivity index (χ0) is 21.6. The number of pyridine rings is 1. The van der Waals surface area contributed by atoms with Crippen molar-refractivity contribution in [2.75, 3.05) is 18.4 Å². The van der Waals surface area contributed by atoms with Crippen LogP contribution < -0.4 is 10.1 Å². The first kappa shape index (κ1) is 20.5. The van der Waals surface area contributed by atoms with Crippen molar-refractivity contribution in [2.45, 2.75) is 25.8 Å². The van der Waals surface area contributed by atoms with Gasteiger partial charge in [0.15, 0.2) is 5.76 Å². The zero-order valence-corrected chi connectivity index (χ0v) is 16.8. The summed E-state index contributed by atoms with van der Waals surface area (Å²) < 4.78 is 11.3. The van der Waals surface area contributed by atoms with Gasteiger partial charge in [0.05, 0.1) is 29.4 Å². The number of likely N-dealkylation sites (tertiary alicyclic amines) is 1. The molecule has 1 aliphatic rings. The second kappa shape index (κ2) is 9.40. The van der Waals surface area contributed by atoms with Gasteiger partial charge in [0.25, 0.3) is 11.6 Å². The van der Waals surface area contributed by atoms with Crippen LogP contribution in [0.25, 0.3) is 0 Å². The van der Waals surface area contributed by atoms with Crippen LogP contribution in [0.5, 0.6) is 11.5 Å². The fraction of sp³-hybridized carbons (Fsp3) is 0.273. The Balaban J connectivity index is 1.47. The monoisotopic (exact) mass is 422 g/mol. The van der Waals surface area contributed by atoms with Crippen LogP contribution in [-0.2, 0) is 6.54 Å². The van der Waals surface area contributed by atoms with Gasteiger partial charge in [-0.2, -0.15) is 0 Å². The molecule has 3 heterocycles. The number of hydrogen-bond donors (Lipinski definition) is 1. The summed E-state index contributed by atoms with van der Waals surface area (Å²) in [7, 11) is 0. The van der Waals surface area contributed by atoms with Crippen LogP contribution in [0.2, 0.25) is 0 Å². The Morgan fingerprint density at radius 3 is 2.74 bits per heavy atom. The highest BCUT2D eigenvalue weighted by atomic mass is 16.6. The van der Waals surface area contributed by atoms with Crippen molar-refractivity contribution < 1.29 is 18.9 Å². The molecular formula is C22H22N4O5. The normalized spacial score (nSPS) is 14.2. The number of piperidine rings is 1. The zero-order valence-electron chi connectivity index (χ0n) is 16.8. The number of nitro groups is 1. The Kier molecular flexibility index (Phi) is 6.23. The van der Waals surface area contributed by atoms with Crippen molar-refractivity contribution in [2.24, 2.45) is 0 Å². The molecule has 160 valence electrons. The Hall–Kier alpha value is -3.72. The number of nitrogens with zero attached hydrogens (tertiary/aromatic N) is 3. The molecule has 31 heavy (non-hydrogen) atoms. The van der Waals surface area contributed by atoms with Gasteiger partial charge in [-0.25, -0.2) is 0 Å². The molecule has 1 aromatic carbocycles. The second-order valence-electron chi connectivity index (χ2n) is 7.32. The SMILES string of the molecule is O=C(Nc1cc(Oc2cccnc2)cc([N+](=O)[O-])c1)c1ccc(CN2CCCCC2)o1. The summed E-state index contributed by atoms with van der Waals surface area (Å²) in [5.41, 5.74) is 0.0222. The molecule has 0 aliphatic carbocycles. The molecule has 1 amide bonds. The van der Waals surface area contributed by atoms with E-state index >= 15 is 0 Å². The summed E-state index contributed by atoms with van der Waals surface area (Å²) in [4.78, 5) is 29.6. The average Bonchev–Trinajstić information content (AvgIpc) is 3.23. The number of benzene rings is 1. The Bertz CT molecular complexity index is 1060. The van der Waals surface area contributed by atoms with Crippen molar-refractivity contribution >= 4 is 17.3 Å². The van der Waals surface area contributed by atoms with Crippen LogP contribution in [0, 0.1) is 10.1 Å².